The van der Waals surface area contributed by atoms with E-state index in [4.69, 9.17) is 9.47 Å². The summed E-state index contributed by atoms with van der Waals surface area (Å²) in [6, 6.07) is 6.72. The fourth-order valence-electron chi connectivity index (χ4n) is 3.13. The highest BCUT2D eigenvalue weighted by Gasteiger charge is 2.41. The summed E-state index contributed by atoms with van der Waals surface area (Å²) in [5, 5.41) is 0. The van der Waals surface area contributed by atoms with E-state index in [1.54, 1.807) is 0 Å². The smallest absolute Gasteiger partial charge is 0.168 e. The molecule has 1 aromatic heterocycles. The van der Waals surface area contributed by atoms with E-state index in [1.165, 1.54) is 0 Å². The van der Waals surface area contributed by atoms with Crippen LogP contribution in [0.25, 0.3) is 0 Å². The van der Waals surface area contributed by atoms with Crippen LogP contribution in [0.1, 0.15) is 31.4 Å². The second-order valence-electron chi connectivity index (χ2n) is 5.59. The molecule has 0 atom stereocenters. The average Bonchev–Trinajstić information content (AvgIpc) is 2.87. The van der Waals surface area contributed by atoms with Gasteiger partial charge < -0.3 is 14.4 Å². The highest BCUT2D eigenvalue weighted by molar-refractivity contribution is 5.39. The second-order valence-corrected chi connectivity index (χ2v) is 5.59. The molecule has 1 aromatic rings. The van der Waals surface area contributed by atoms with Crippen LogP contribution in [-0.2, 0) is 9.47 Å². The van der Waals surface area contributed by atoms with Gasteiger partial charge in [0.15, 0.2) is 5.79 Å². The molecule has 4 heteroatoms. The number of rotatable bonds is 2. The van der Waals surface area contributed by atoms with E-state index >= 15 is 0 Å². The summed E-state index contributed by atoms with van der Waals surface area (Å²) in [5.41, 5.74) is 1.07. The molecule has 0 radical (unpaired) electrons. The molecule has 104 valence electrons. The molecule has 0 aromatic carbocycles. The van der Waals surface area contributed by atoms with Crippen LogP contribution in [0.5, 0.6) is 0 Å². The molecule has 1 spiro atoms. The summed E-state index contributed by atoms with van der Waals surface area (Å²) in [7, 11) is 2.14. The molecule has 3 rings (SSSR count). The van der Waals surface area contributed by atoms with Crippen LogP contribution in [0, 0.1) is 6.92 Å². The van der Waals surface area contributed by atoms with Gasteiger partial charge in [-0.05, 0) is 31.9 Å². The van der Waals surface area contributed by atoms with Crippen molar-refractivity contribution >= 4 is 5.82 Å². The summed E-state index contributed by atoms with van der Waals surface area (Å²) < 4.78 is 11.6. The maximum atomic E-state index is 5.78. The Hall–Kier alpha value is -1.13. The summed E-state index contributed by atoms with van der Waals surface area (Å²) in [6.07, 6.45) is 4.19. The maximum Gasteiger partial charge on any atom is 0.168 e. The Bertz CT molecular complexity index is 434. The van der Waals surface area contributed by atoms with Gasteiger partial charge in [0.25, 0.3) is 0 Å². The number of aryl methyl sites for hydroxylation is 1. The predicted molar refractivity (Wildman–Crippen MR) is 74.3 cm³/mol. The SMILES string of the molecule is Cc1cccc(N(C)C2CCC3(CC2)OCCO3)n1. The molecule has 0 N–H and O–H groups in total. The van der Waals surface area contributed by atoms with Gasteiger partial charge in [-0.1, -0.05) is 6.07 Å². The van der Waals surface area contributed by atoms with Crippen LogP contribution < -0.4 is 4.90 Å². The lowest BCUT2D eigenvalue weighted by Crippen LogP contribution is -2.43. The third-order valence-electron chi connectivity index (χ3n) is 4.31. The van der Waals surface area contributed by atoms with Crippen molar-refractivity contribution in [2.24, 2.45) is 0 Å². The molecule has 1 aliphatic heterocycles. The molecule has 19 heavy (non-hydrogen) atoms. The molecule has 2 fully saturated rings. The van der Waals surface area contributed by atoms with Crippen LogP contribution in [-0.4, -0.2) is 37.1 Å². The van der Waals surface area contributed by atoms with E-state index < -0.39 is 0 Å². The quantitative estimate of drug-likeness (QED) is 0.820. The highest BCUT2D eigenvalue weighted by Crippen LogP contribution is 2.37. The van der Waals surface area contributed by atoms with E-state index in [0.29, 0.717) is 6.04 Å². The predicted octanol–water partition coefficient (Wildman–Crippen LogP) is 2.51. The zero-order valence-corrected chi connectivity index (χ0v) is 11.8. The van der Waals surface area contributed by atoms with Crippen molar-refractivity contribution in [3.63, 3.8) is 0 Å². The summed E-state index contributed by atoms with van der Waals surface area (Å²) in [6.45, 7) is 3.54. The van der Waals surface area contributed by atoms with Crippen molar-refractivity contribution in [3.05, 3.63) is 23.9 Å². The molecule has 1 aliphatic carbocycles. The molecule has 0 amide bonds. The van der Waals surface area contributed by atoms with Crippen LogP contribution in [0.4, 0.5) is 5.82 Å². The monoisotopic (exact) mass is 262 g/mol. The fourth-order valence-corrected chi connectivity index (χ4v) is 3.13. The van der Waals surface area contributed by atoms with Gasteiger partial charge >= 0.3 is 0 Å². The van der Waals surface area contributed by atoms with E-state index in [2.05, 4.69) is 29.1 Å². The van der Waals surface area contributed by atoms with Crippen molar-refractivity contribution in [2.75, 3.05) is 25.2 Å². The molecule has 0 bridgehead atoms. The van der Waals surface area contributed by atoms with Gasteiger partial charge in [-0.25, -0.2) is 4.98 Å². The lowest BCUT2D eigenvalue weighted by atomic mass is 9.89. The number of ether oxygens (including phenoxy) is 2. The minimum Gasteiger partial charge on any atom is -0.357 e. The Morgan fingerprint density at radius 1 is 1.21 bits per heavy atom. The van der Waals surface area contributed by atoms with Crippen molar-refractivity contribution in [1.29, 1.82) is 0 Å². The molecule has 0 unspecified atom stereocenters. The Balaban J connectivity index is 1.64. The van der Waals surface area contributed by atoms with Crippen LogP contribution in [0.2, 0.25) is 0 Å². The Morgan fingerprint density at radius 3 is 2.53 bits per heavy atom. The van der Waals surface area contributed by atoms with Gasteiger partial charge in [0.2, 0.25) is 0 Å². The second kappa shape index (κ2) is 5.10. The lowest BCUT2D eigenvalue weighted by molar-refractivity contribution is -0.178. The van der Waals surface area contributed by atoms with Gasteiger partial charge in [-0.2, -0.15) is 0 Å². The molecular formula is C15H22N2O2. The van der Waals surface area contributed by atoms with Crippen molar-refractivity contribution < 1.29 is 9.47 Å². The first-order valence-electron chi connectivity index (χ1n) is 7.13. The van der Waals surface area contributed by atoms with Gasteiger partial charge in [-0.15, -0.1) is 0 Å². The molecule has 1 saturated heterocycles. The standard InChI is InChI=1S/C15H22N2O2/c1-12-4-3-5-14(16-12)17(2)13-6-8-15(9-7-13)18-10-11-19-15/h3-5,13H,6-11H2,1-2H3. The topological polar surface area (TPSA) is 34.6 Å². The normalized spacial score (nSPS) is 22.8. The maximum absolute atomic E-state index is 5.78. The van der Waals surface area contributed by atoms with Crippen molar-refractivity contribution in [2.45, 2.75) is 44.4 Å². The molecule has 2 aliphatic rings. The summed E-state index contributed by atoms with van der Waals surface area (Å²) in [4.78, 5) is 6.90. The van der Waals surface area contributed by atoms with Crippen LogP contribution in [0.3, 0.4) is 0 Å². The van der Waals surface area contributed by atoms with Crippen LogP contribution >= 0.6 is 0 Å². The molecule has 2 heterocycles. The number of nitrogens with zero attached hydrogens (tertiary/aromatic N) is 2. The van der Waals surface area contributed by atoms with Crippen molar-refractivity contribution in [3.8, 4) is 0 Å². The molecule has 4 nitrogen and oxygen atoms in total. The van der Waals surface area contributed by atoms with Crippen LogP contribution in [0.15, 0.2) is 18.2 Å². The summed E-state index contributed by atoms with van der Waals surface area (Å²) >= 11 is 0. The first kappa shape index (κ1) is 12.9. The number of hydrogen-bond donors (Lipinski definition) is 0. The Labute approximate surface area is 114 Å². The van der Waals surface area contributed by atoms with Gasteiger partial charge in [-0.3, -0.25) is 0 Å². The third kappa shape index (κ3) is 2.60. The third-order valence-corrected chi connectivity index (χ3v) is 4.31. The van der Waals surface area contributed by atoms with Gasteiger partial charge in [0, 0.05) is 31.6 Å². The van der Waals surface area contributed by atoms with E-state index in [9.17, 15) is 0 Å². The fraction of sp³-hybridized carbons (Fsp3) is 0.667. The zero-order valence-electron chi connectivity index (χ0n) is 11.8. The summed E-state index contributed by atoms with van der Waals surface area (Å²) in [5.74, 6) is 0.798. The van der Waals surface area contributed by atoms with E-state index in [1.807, 2.05) is 13.0 Å². The van der Waals surface area contributed by atoms with Crippen molar-refractivity contribution in [1.82, 2.24) is 4.98 Å². The van der Waals surface area contributed by atoms with E-state index in [0.717, 1.165) is 50.4 Å². The lowest BCUT2D eigenvalue weighted by Gasteiger charge is -2.39. The number of hydrogen-bond acceptors (Lipinski definition) is 4. The van der Waals surface area contributed by atoms with Gasteiger partial charge in [0.05, 0.1) is 13.2 Å². The van der Waals surface area contributed by atoms with E-state index in [-0.39, 0.29) is 5.79 Å². The molecule has 1 saturated carbocycles. The average molecular weight is 262 g/mol. The zero-order chi connectivity index (χ0) is 13.3. The number of aromatic nitrogens is 1. The highest BCUT2D eigenvalue weighted by atomic mass is 16.7. The number of pyridine rings is 1. The minimum absolute atomic E-state index is 0.266. The molecular weight excluding hydrogens is 240 g/mol. The largest absolute Gasteiger partial charge is 0.357 e. The van der Waals surface area contributed by atoms with Gasteiger partial charge in [0.1, 0.15) is 5.82 Å². The first-order chi connectivity index (χ1) is 9.19. The number of anilines is 1. The first-order valence-corrected chi connectivity index (χ1v) is 7.13. The Morgan fingerprint density at radius 2 is 1.89 bits per heavy atom. The Kier molecular flexibility index (Phi) is 3.46. The minimum atomic E-state index is -0.266.